The average molecular weight is 345 g/mol. The van der Waals surface area contributed by atoms with Crippen LogP contribution in [0, 0.1) is 0 Å². The molecular weight excluding hydrogens is 324 g/mol. The quantitative estimate of drug-likeness (QED) is 0.897. The van der Waals surface area contributed by atoms with Gasteiger partial charge in [-0.25, -0.2) is 0 Å². The number of hydrogen-bond acceptors (Lipinski definition) is 2. The number of benzene rings is 2. The zero-order valence-corrected chi connectivity index (χ0v) is 14.0. The third-order valence-corrected chi connectivity index (χ3v) is 4.58. The molecule has 0 bridgehead atoms. The third-order valence-electron chi connectivity index (χ3n) is 4.08. The predicted molar refractivity (Wildman–Crippen MR) is 92.7 cm³/mol. The van der Waals surface area contributed by atoms with Crippen LogP contribution in [0.25, 0.3) is 0 Å². The highest BCUT2D eigenvalue weighted by molar-refractivity contribution is 9.10. The minimum absolute atomic E-state index is 0.928. The van der Waals surface area contributed by atoms with E-state index in [4.69, 9.17) is 0 Å². The van der Waals surface area contributed by atoms with E-state index in [2.05, 4.69) is 75.5 Å². The molecule has 0 aliphatic carbocycles. The first-order valence-corrected chi connectivity index (χ1v) is 8.38. The molecule has 3 rings (SSSR count). The maximum absolute atomic E-state index is 3.62. The van der Waals surface area contributed by atoms with Gasteiger partial charge in [0.1, 0.15) is 0 Å². The van der Waals surface area contributed by atoms with Crippen LogP contribution >= 0.6 is 15.9 Å². The van der Waals surface area contributed by atoms with E-state index in [9.17, 15) is 0 Å². The number of halogens is 1. The molecule has 0 radical (unpaired) electrons. The summed E-state index contributed by atoms with van der Waals surface area (Å²) in [7, 11) is 0. The summed E-state index contributed by atoms with van der Waals surface area (Å²) in [6, 6.07) is 15.4. The molecule has 0 fully saturated rings. The van der Waals surface area contributed by atoms with Crippen molar-refractivity contribution in [3.63, 3.8) is 0 Å². The van der Waals surface area contributed by atoms with Gasteiger partial charge in [-0.1, -0.05) is 53.2 Å². The van der Waals surface area contributed by atoms with Gasteiger partial charge < -0.3 is 10.2 Å². The molecule has 0 amide bonds. The van der Waals surface area contributed by atoms with Gasteiger partial charge in [0.25, 0.3) is 0 Å². The molecule has 0 aromatic heterocycles. The molecule has 0 spiro atoms. The van der Waals surface area contributed by atoms with E-state index in [1.54, 1.807) is 0 Å². The summed E-state index contributed by atoms with van der Waals surface area (Å²) in [5, 5.41) is 3.44. The minimum atomic E-state index is 0.928. The molecule has 1 heterocycles. The van der Waals surface area contributed by atoms with Crippen LogP contribution in [0.2, 0.25) is 0 Å². The first-order chi connectivity index (χ1) is 10.3. The van der Waals surface area contributed by atoms with E-state index in [1.165, 1.54) is 22.4 Å². The molecule has 0 unspecified atom stereocenters. The molecule has 0 atom stereocenters. The van der Waals surface area contributed by atoms with Gasteiger partial charge in [-0.05, 0) is 41.8 Å². The summed E-state index contributed by atoms with van der Waals surface area (Å²) >= 11 is 3.62. The number of rotatable bonds is 4. The van der Waals surface area contributed by atoms with Gasteiger partial charge in [-0.15, -0.1) is 0 Å². The summed E-state index contributed by atoms with van der Waals surface area (Å²) in [5.41, 5.74) is 5.68. The fraction of sp³-hybridized carbons (Fsp3) is 0.333. The van der Waals surface area contributed by atoms with Crippen molar-refractivity contribution in [3.8, 4) is 0 Å². The standard InChI is InChI=1S/C18H21BrN2/c1-2-20-12-15-7-8-17(19)11-18(15)21-10-9-14-5-3-4-6-16(14)13-21/h3-8,11,20H,2,9-10,12-13H2,1H3. The summed E-state index contributed by atoms with van der Waals surface area (Å²) in [6.45, 7) is 6.17. The molecule has 0 saturated heterocycles. The fourth-order valence-corrected chi connectivity index (χ4v) is 3.29. The highest BCUT2D eigenvalue weighted by Crippen LogP contribution is 2.30. The van der Waals surface area contributed by atoms with E-state index >= 15 is 0 Å². The Morgan fingerprint density at radius 1 is 1.14 bits per heavy atom. The van der Waals surface area contributed by atoms with E-state index in [0.717, 1.165) is 37.1 Å². The van der Waals surface area contributed by atoms with Crippen molar-refractivity contribution in [1.29, 1.82) is 0 Å². The second-order valence-corrected chi connectivity index (χ2v) is 6.41. The second kappa shape index (κ2) is 6.63. The lowest BCUT2D eigenvalue weighted by Gasteiger charge is -2.32. The maximum atomic E-state index is 3.62. The Balaban J connectivity index is 1.88. The number of anilines is 1. The smallest absolute Gasteiger partial charge is 0.0432 e. The van der Waals surface area contributed by atoms with Crippen LogP contribution in [0.5, 0.6) is 0 Å². The highest BCUT2D eigenvalue weighted by Gasteiger charge is 2.18. The van der Waals surface area contributed by atoms with Crippen LogP contribution < -0.4 is 10.2 Å². The Bertz CT molecular complexity index is 624. The fourth-order valence-electron chi connectivity index (χ4n) is 2.94. The Morgan fingerprint density at radius 3 is 2.76 bits per heavy atom. The Morgan fingerprint density at radius 2 is 1.95 bits per heavy atom. The van der Waals surface area contributed by atoms with Gasteiger partial charge >= 0.3 is 0 Å². The van der Waals surface area contributed by atoms with Crippen LogP contribution in [-0.4, -0.2) is 13.1 Å². The van der Waals surface area contributed by atoms with Gasteiger partial charge in [-0.3, -0.25) is 0 Å². The van der Waals surface area contributed by atoms with Gasteiger partial charge in [0, 0.05) is 29.8 Å². The molecule has 1 N–H and O–H groups in total. The first kappa shape index (κ1) is 14.6. The van der Waals surface area contributed by atoms with Crippen molar-refractivity contribution in [1.82, 2.24) is 5.32 Å². The molecule has 2 nitrogen and oxygen atoms in total. The predicted octanol–water partition coefficient (Wildman–Crippen LogP) is 4.12. The SMILES string of the molecule is CCNCc1ccc(Br)cc1N1CCc2ccccc2C1. The molecule has 110 valence electrons. The number of nitrogens with zero attached hydrogens (tertiary/aromatic N) is 1. The summed E-state index contributed by atoms with van der Waals surface area (Å²) in [5.74, 6) is 0. The molecule has 2 aromatic carbocycles. The number of nitrogens with one attached hydrogen (secondary N) is 1. The second-order valence-electron chi connectivity index (χ2n) is 5.49. The van der Waals surface area contributed by atoms with Gasteiger partial charge in [0.05, 0.1) is 0 Å². The third kappa shape index (κ3) is 3.30. The molecule has 2 aromatic rings. The summed E-state index contributed by atoms with van der Waals surface area (Å²) in [4.78, 5) is 2.50. The lowest BCUT2D eigenvalue weighted by Crippen LogP contribution is -2.31. The lowest BCUT2D eigenvalue weighted by atomic mass is 9.98. The maximum Gasteiger partial charge on any atom is 0.0432 e. The van der Waals surface area contributed by atoms with Crippen LogP contribution in [0.4, 0.5) is 5.69 Å². The summed E-state index contributed by atoms with van der Waals surface area (Å²) < 4.78 is 1.15. The Hall–Kier alpha value is -1.32. The van der Waals surface area contributed by atoms with Gasteiger partial charge in [-0.2, -0.15) is 0 Å². The Labute approximate surface area is 135 Å². The van der Waals surface area contributed by atoms with Crippen molar-refractivity contribution in [2.45, 2.75) is 26.4 Å². The van der Waals surface area contributed by atoms with Crippen LogP contribution in [0.3, 0.4) is 0 Å². The molecule has 1 aliphatic heterocycles. The topological polar surface area (TPSA) is 15.3 Å². The van der Waals surface area contributed by atoms with Gasteiger partial charge in [0.2, 0.25) is 0 Å². The van der Waals surface area contributed by atoms with Crippen LogP contribution in [-0.2, 0) is 19.5 Å². The minimum Gasteiger partial charge on any atom is -0.367 e. The van der Waals surface area contributed by atoms with Gasteiger partial charge in [0.15, 0.2) is 0 Å². The number of hydrogen-bond donors (Lipinski definition) is 1. The Kier molecular flexibility index (Phi) is 4.61. The molecule has 0 saturated carbocycles. The van der Waals surface area contributed by atoms with Crippen molar-refractivity contribution in [2.75, 3.05) is 18.0 Å². The average Bonchev–Trinajstić information content (AvgIpc) is 2.53. The zero-order valence-electron chi connectivity index (χ0n) is 12.4. The molecule has 1 aliphatic rings. The van der Waals surface area contributed by atoms with Crippen LogP contribution in [0.15, 0.2) is 46.9 Å². The van der Waals surface area contributed by atoms with Crippen molar-refractivity contribution in [2.24, 2.45) is 0 Å². The van der Waals surface area contributed by atoms with Crippen molar-refractivity contribution < 1.29 is 0 Å². The number of fused-ring (bicyclic) bond motifs is 1. The molecule has 3 heteroatoms. The highest BCUT2D eigenvalue weighted by atomic mass is 79.9. The van der Waals surface area contributed by atoms with Crippen molar-refractivity contribution >= 4 is 21.6 Å². The van der Waals surface area contributed by atoms with E-state index in [-0.39, 0.29) is 0 Å². The first-order valence-electron chi connectivity index (χ1n) is 7.59. The van der Waals surface area contributed by atoms with E-state index < -0.39 is 0 Å². The van der Waals surface area contributed by atoms with E-state index in [1.807, 2.05) is 0 Å². The summed E-state index contributed by atoms with van der Waals surface area (Å²) in [6.07, 6.45) is 1.13. The molecular formula is C18H21BrN2. The normalized spacial score (nSPS) is 14.1. The van der Waals surface area contributed by atoms with Crippen LogP contribution in [0.1, 0.15) is 23.6 Å². The van der Waals surface area contributed by atoms with E-state index in [0.29, 0.717) is 0 Å². The van der Waals surface area contributed by atoms with Crippen molar-refractivity contribution in [3.05, 3.63) is 63.6 Å². The largest absolute Gasteiger partial charge is 0.367 e. The lowest BCUT2D eigenvalue weighted by molar-refractivity contribution is 0.700. The molecule has 21 heavy (non-hydrogen) atoms. The monoisotopic (exact) mass is 344 g/mol. The zero-order chi connectivity index (χ0) is 14.7.